The number of carbonyl (C=O) groups is 1. The van der Waals surface area contributed by atoms with Gasteiger partial charge in [-0.15, -0.1) is 12.4 Å². The summed E-state index contributed by atoms with van der Waals surface area (Å²) in [4.78, 5) is 14.3. The molecule has 1 saturated heterocycles. The molecule has 1 aromatic rings. The van der Waals surface area contributed by atoms with E-state index in [1.54, 1.807) is 12.1 Å². The summed E-state index contributed by atoms with van der Waals surface area (Å²) < 4.78 is 5.78. The van der Waals surface area contributed by atoms with E-state index in [4.69, 9.17) is 22.1 Å². The number of carbonyl (C=O) groups excluding carboxylic acids is 1. The Morgan fingerprint density at radius 1 is 1.52 bits per heavy atom. The summed E-state index contributed by atoms with van der Waals surface area (Å²) in [5.74, 6) is 1.00. The van der Waals surface area contributed by atoms with Gasteiger partial charge >= 0.3 is 0 Å². The first-order chi connectivity index (χ1) is 9.65. The summed E-state index contributed by atoms with van der Waals surface area (Å²) in [7, 11) is 0. The predicted molar refractivity (Wildman–Crippen MR) is 87.1 cm³/mol. The zero-order chi connectivity index (χ0) is 14.5. The van der Waals surface area contributed by atoms with E-state index >= 15 is 0 Å². The Kier molecular flexibility index (Phi) is 7.29. The van der Waals surface area contributed by atoms with E-state index in [2.05, 4.69) is 0 Å². The van der Waals surface area contributed by atoms with Gasteiger partial charge in [0.1, 0.15) is 5.75 Å². The van der Waals surface area contributed by atoms with Crippen LogP contribution < -0.4 is 10.5 Å². The lowest BCUT2D eigenvalue weighted by Crippen LogP contribution is -2.40. The Balaban J connectivity index is 0.00000220. The number of likely N-dealkylation sites (tertiary alicyclic amines) is 1. The number of hydrogen-bond acceptors (Lipinski definition) is 3. The van der Waals surface area contributed by atoms with Crippen molar-refractivity contribution in [2.75, 3.05) is 19.6 Å². The predicted octanol–water partition coefficient (Wildman–Crippen LogP) is 2.73. The summed E-state index contributed by atoms with van der Waals surface area (Å²) in [6.45, 7) is 4.07. The van der Waals surface area contributed by atoms with Gasteiger partial charge in [0.15, 0.2) is 6.10 Å². The van der Waals surface area contributed by atoms with Crippen molar-refractivity contribution in [1.82, 2.24) is 4.90 Å². The van der Waals surface area contributed by atoms with Crippen LogP contribution in [0.15, 0.2) is 24.3 Å². The molecular weight excluding hydrogens is 311 g/mol. The van der Waals surface area contributed by atoms with Crippen LogP contribution >= 0.6 is 24.0 Å². The quantitative estimate of drug-likeness (QED) is 0.901. The Morgan fingerprint density at radius 3 is 2.81 bits per heavy atom. The van der Waals surface area contributed by atoms with E-state index in [1.165, 1.54) is 0 Å². The number of nitrogens with two attached hydrogens (primary N) is 1. The number of ether oxygens (including phenoxy) is 1. The van der Waals surface area contributed by atoms with Gasteiger partial charge < -0.3 is 15.4 Å². The maximum atomic E-state index is 12.5. The summed E-state index contributed by atoms with van der Waals surface area (Å²) in [6.07, 6.45) is 1.12. The van der Waals surface area contributed by atoms with Gasteiger partial charge in [0.2, 0.25) is 0 Å². The SMILES string of the molecule is CCC(Oc1ccccc1Cl)C(=O)N1CCC(CN)C1.Cl. The molecule has 118 valence electrons. The van der Waals surface area contributed by atoms with E-state index in [-0.39, 0.29) is 18.3 Å². The highest BCUT2D eigenvalue weighted by molar-refractivity contribution is 6.32. The van der Waals surface area contributed by atoms with Crippen LogP contribution in [0, 0.1) is 5.92 Å². The number of hydrogen-bond donors (Lipinski definition) is 1. The Bertz CT molecular complexity index is 471. The van der Waals surface area contributed by atoms with Gasteiger partial charge in [0, 0.05) is 13.1 Å². The molecule has 0 spiro atoms. The lowest BCUT2D eigenvalue weighted by atomic mass is 10.1. The van der Waals surface area contributed by atoms with Crippen LogP contribution in [0.1, 0.15) is 19.8 Å². The van der Waals surface area contributed by atoms with Crippen LogP contribution in [0.2, 0.25) is 5.02 Å². The van der Waals surface area contributed by atoms with Crippen LogP contribution in [0.5, 0.6) is 5.75 Å². The number of rotatable bonds is 5. The Labute approximate surface area is 137 Å². The summed E-state index contributed by atoms with van der Waals surface area (Å²) in [5.41, 5.74) is 5.66. The molecule has 2 unspecified atom stereocenters. The zero-order valence-corrected chi connectivity index (χ0v) is 13.7. The molecule has 2 N–H and O–H groups in total. The molecule has 0 aromatic heterocycles. The van der Waals surface area contributed by atoms with Crippen molar-refractivity contribution >= 4 is 29.9 Å². The maximum Gasteiger partial charge on any atom is 0.263 e. The van der Waals surface area contributed by atoms with Crippen molar-refractivity contribution in [2.24, 2.45) is 11.7 Å². The molecule has 21 heavy (non-hydrogen) atoms. The number of benzene rings is 1. The highest BCUT2D eigenvalue weighted by Crippen LogP contribution is 2.26. The molecule has 1 aromatic carbocycles. The Morgan fingerprint density at radius 2 is 2.24 bits per heavy atom. The minimum absolute atomic E-state index is 0. The average molecular weight is 333 g/mol. The van der Waals surface area contributed by atoms with E-state index < -0.39 is 6.10 Å². The fourth-order valence-corrected chi connectivity index (χ4v) is 2.61. The first-order valence-corrected chi connectivity index (χ1v) is 7.43. The van der Waals surface area contributed by atoms with Crippen molar-refractivity contribution in [3.63, 3.8) is 0 Å². The van der Waals surface area contributed by atoms with E-state index in [0.29, 0.717) is 29.7 Å². The molecule has 6 heteroatoms. The third kappa shape index (κ3) is 4.50. The van der Waals surface area contributed by atoms with Crippen LogP contribution in [-0.4, -0.2) is 36.5 Å². The third-order valence-corrected chi connectivity index (χ3v) is 4.00. The molecule has 0 radical (unpaired) electrons. The number of para-hydroxylation sites is 1. The van der Waals surface area contributed by atoms with Crippen molar-refractivity contribution in [2.45, 2.75) is 25.9 Å². The average Bonchev–Trinajstić information content (AvgIpc) is 2.94. The molecule has 1 amide bonds. The standard InChI is InChI=1S/C15H21ClN2O2.ClH/c1-2-13(20-14-6-4-3-5-12(14)16)15(19)18-8-7-11(9-17)10-18;/h3-6,11,13H,2,7-10,17H2,1H3;1H. The van der Waals surface area contributed by atoms with E-state index in [9.17, 15) is 4.79 Å². The maximum absolute atomic E-state index is 12.5. The van der Waals surface area contributed by atoms with Gasteiger partial charge in [-0.25, -0.2) is 0 Å². The van der Waals surface area contributed by atoms with Gasteiger partial charge in [-0.05, 0) is 37.4 Å². The fourth-order valence-electron chi connectivity index (χ4n) is 2.43. The highest BCUT2D eigenvalue weighted by Gasteiger charge is 2.30. The van der Waals surface area contributed by atoms with E-state index in [0.717, 1.165) is 19.5 Å². The van der Waals surface area contributed by atoms with Crippen LogP contribution in [0.25, 0.3) is 0 Å². The molecule has 4 nitrogen and oxygen atoms in total. The second-order valence-electron chi connectivity index (χ2n) is 5.12. The zero-order valence-electron chi connectivity index (χ0n) is 12.1. The number of halogens is 2. The molecule has 2 rings (SSSR count). The smallest absolute Gasteiger partial charge is 0.263 e. The van der Waals surface area contributed by atoms with Gasteiger partial charge in [0.25, 0.3) is 5.91 Å². The van der Waals surface area contributed by atoms with Crippen LogP contribution in [-0.2, 0) is 4.79 Å². The summed E-state index contributed by atoms with van der Waals surface area (Å²) >= 11 is 6.07. The molecular formula is C15H22Cl2N2O2. The van der Waals surface area contributed by atoms with Crippen LogP contribution in [0.4, 0.5) is 0 Å². The number of amides is 1. The third-order valence-electron chi connectivity index (χ3n) is 3.68. The lowest BCUT2D eigenvalue weighted by molar-refractivity contribution is -0.137. The Hall–Kier alpha value is -0.970. The highest BCUT2D eigenvalue weighted by atomic mass is 35.5. The monoisotopic (exact) mass is 332 g/mol. The van der Waals surface area contributed by atoms with E-state index in [1.807, 2.05) is 24.0 Å². The molecule has 1 aliphatic rings. The second-order valence-corrected chi connectivity index (χ2v) is 5.53. The van der Waals surface area contributed by atoms with Crippen LogP contribution in [0.3, 0.4) is 0 Å². The van der Waals surface area contributed by atoms with Crippen molar-refractivity contribution in [3.05, 3.63) is 29.3 Å². The van der Waals surface area contributed by atoms with Gasteiger partial charge in [-0.3, -0.25) is 4.79 Å². The lowest BCUT2D eigenvalue weighted by Gasteiger charge is -2.24. The molecule has 2 atom stereocenters. The molecule has 1 aliphatic heterocycles. The largest absolute Gasteiger partial charge is 0.479 e. The van der Waals surface area contributed by atoms with Gasteiger partial charge in [-0.2, -0.15) is 0 Å². The van der Waals surface area contributed by atoms with Crippen molar-refractivity contribution in [3.8, 4) is 5.75 Å². The minimum atomic E-state index is -0.480. The topological polar surface area (TPSA) is 55.6 Å². The van der Waals surface area contributed by atoms with Crippen molar-refractivity contribution < 1.29 is 9.53 Å². The molecule has 0 bridgehead atoms. The second kappa shape index (κ2) is 8.47. The normalized spacial score (nSPS) is 19.0. The van der Waals surface area contributed by atoms with Crippen molar-refractivity contribution in [1.29, 1.82) is 0 Å². The fraction of sp³-hybridized carbons (Fsp3) is 0.533. The first-order valence-electron chi connectivity index (χ1n) is 7.05. The number of nitrogens with zero attached hydrogens (tertiary/aromatic N) is 1. The first kappa shape index (κ1) is 18.1. The molecule has 1 fully saturated rings. The van der Waals surface area contributed by atoms with Gasteiger partial charge in [0.05, 0.1) is 5.02 Å². The summed E-state index contributed by atoms with van der Waals surface area (Å²) in [6, 6.07) is 7.22. The van der Waals surface area contributed by atoms with Gasteiger partial charge in [-0.1, -0.05) is 30.7 Å². The molecule has 1 heterocycles. The molecule has 0 saturated carbocycles. The molecule has 0 aliphatic carbocycles. The minimum Gasteiger partial charge on any atom is -0.479 e. The summed E-state index contributed by atoms with van der Waals surface area (Å²) in [5, 5.41) is 0.528.